The molecule has 0 aliphatic carbocycles. The maximum atomic E-state index is 12.5. The first-order chi connectivity index (χ1) is 9.41. The molecule has 0 aliphatic rings. The minimum atomic E-state index is -3.46. The fraction of sp³-hybridized carbons (Fsp3) is 0.200. The van der Waals surface area contributed by atoms with Gasteiger partial charge in [-0.25, -0.2) is 8.42 Å². The molecule has 0 amide bonds. The SMILES string of the molecule is Cc1cc(S(=O)(=O)N(C)Cc2ccccc2)ccc1Br. The lowest BCUT2D eigenvalue weighted by atomic mass is 10.2. The Morgan fingerprint density at radius 1 is 1.10 bits per heavy atom. The zero-order valence-corrected chi connectivity index (χ0v) is 13.8. The van der Waals surface area contributed by atoms with E-state index in [0.29, 0.717) is 11.4 Å². The van der Waals surface area contributed by atoms with E-state index < -0.39 is 10.0 Å². The first-order valence-electron chi connectivity index (χ1n) is 6.17. The molecule has 20 heavy (non-hydrogen) atoms. The molecule has 0 saturated carbocycles. The summed E-state index contributed by atoms with van der Waals surface area (Å²) in [5.74, 6) is 0. The summed E-state index contributed by atoms with van der Waals surface area (Å²) in [6.07, 6.45) is 0. The van der Waals surface area contributed by atoms with Crippen LogP contribution in [0.3, 0.4) is 0 Å². The molecule has 106 valence electrons. The first-order valence-corrected chi connectivity index (χ1v) is 8.41. The highest BCUT2D eigenvalue weighted by Crippen LogP contribution is 2.22. The Morgan fingerprint density at radius 2 is 1.75 bits per heavy atom. The lowest BCUT2D eigenvalue weighted by Gasteiger charge is -2.17. The molecule has 0 spiro atoms. The molecule has 0 atom stereocenters. The van der Waals surface area contributed by atoms with Crippen molar-refractivity contribution < 1.29 is 8.42 Å². The van der Waals surface area contributed by atoms with Gasteiger partial charge >= 0.3 is 0 Å². The highest BCUT2D eigenvalue weighted by molar-refractivity contribution is 9.10. The molecule has 0 saturated heterocycles. The summed E-state index contributed by atoms with van der Waals surface area (Å²) in [4.78, 5) is 0.316. The zero-order valence-electron chi connectivity index (χ0n) is 11.4. The highest BCUT2D eigenvalue weighted by atomic mass is 79.9. The van der Waals surface area contributed by atoms with Crippen LogP contribution in [0.1, 0.15) is 11.1 Å². The lowest BCUT2D eigenvalue weighted by Crippen LogP contribution is -2.26. The Hall–Kier alpha value is -1.17. The van der Waals surface area contributed by atoms with Gasteiger partial charge in [-0.15, -0.1) is 0 Å². The summed E-state index contributed by atoms with van der Waals surface area (Å²) >= 11 is 3.38. The Bertz CT molecular complexity index is 699. The summed E-state index contributed by atoms with van der Waals surface area (Å²) in [5.41, 5.74) is 1.87. The minimum Gasteiger partial charge on any atom is -0.207 e. The van der Waals surface area contributed by atoms with Crippen molar-refractivity contribution >= 4 is 26.0 Å². The van der Waals surface area contributed by atoms with Gasteiger partial charge in [-0.3, -0.25) is 0 Å². The van der Waals surface area contributed by atoms with Crippen molar-refractivity contribution in [2.75, 3.05) is 7.05 Å². The second-order valence-corrected chi connectivity index (χ2v) is 7.56. The smallest absolute Gasteiger partial charge is 0.207 e. The van der Waals surface area contributed by atoms with Gasteiger partial charge in [0, 0.05) is 18.1 Å². The van der Waals surface area contributed by atoms with Gasteiger partial charge in [0.25, 0.3) is 0 Å². The van der Waals surface area contributed by atoms with Crippen LogP contribution in [-0.4, -0.2) is 19.8 Å². The fourth-order valence-corrected chi connectivity index (χ4v) is 3.37. The third-order valence-corrected chi connectivity index (χ3v) is 5.77. The Labute approximate surface area is 128 Å². The largest absolute Gasteiger partial charge is 0.243 e. The molecule has 0 fully saturated rings. The number of hydrogen-bond donors (Lipinski definition) is 0. The predicted molar refractivity (Wildman–Crippen MR) is 84.0 cm³/mol. The molecule has 0 bridgehead atoms. The topological polar surface area (TPSA) is 37.4 Å². The van der Waals surface area contributed by atoms with E-state index in [9.17, 15) is 8.42 Å². The van der Waals surface area contributed by atoms with E-state index in [2.05, 4.69) is 15.9 Å². The van der Waals surface area contributed by atoms with Crippen LogP contribution in [0.5, 0.6) is 0 Å². The molecule has 0 unspecified atom stereocenters. The molecular formula is C15H16BrNO2S. The van der Waals surface area contributed by atoms with Gasteiger partial charge in [-0.1, -0.05) is 46.3 Å². The summed E-state index contributed by atoms with van der Waals surface area (Å²) in [6.45, 7) is 2.23. The third-order valence-electron chi connectivity index (χ3n) is 3.09. The summed E-state index contributed by atoms with van der Waals surface area (Å²) < 4.78 is 27.3. The monoisotopic (exact) mass is 353 g/mol. The van der Waals surface area contributed by atoms with E-state index in [0.717, 1.165) is 15.6 Å². The molecule has 2 aromatic rings. The highest BCUT2D eigenvalue weighted by Gasteiger charge is 2.21. The van der Waals surface area contributed by atoms with Crippen LogP contribution in [0, 0.1) is 6.92 Å². The standard InChI is InChI=1S/C15H16BrNO2S/c1-12-10-14(8-9-15(12)16)20(18,19)17(2)11-13-6-4-3-5-7-13/h3-10H,11H2,1-2H3. The molecule has 3 nitrogen and oxygen atoms in total. The van der Waals surface area contributed by atoms with Crippen LogP contribution in [0.4, 0.5) is 0 Å². The van der Waals surface area contributed by atoms with Crippen LogP contribution >= 0.6 is 15.9 Å². The van der Waals surface area contributed by atoms with E-state index in [1.807, 2.05) is 37.3 Å². The Kier molecular flexibility index (Phi) is 4.62. The van der Waals surface area contributed by atoms with Crippen molar-refractivity contribution in [1.29, 1.82) is 0 Å². The van der Waals surface area contributed by atoms with Crippen LogP contribution < -0.4 is 0 Å². The average molecular weight is 354 g/mol. The normalized spacial score (nSPS) is 11.8. The lowest BCUT2D eigenvalue weighted by molar-refractivity contribution is 0.466. The number of benzene rings is 2. The molecule has 0 heterocycles. The predicted octanol–water partition coefficient (Wildman–Crippen LogP) is 3.58. The number of halogens is 1. The Morgan fingerprint density at radius 3 is 2.35 bits per heavy atom. The molecule has 0 N–H and O–H groups in total. The molecule has 0 radical (unpaired) electrons. The molecule has 0 aliphatic heterocycles. The number of rotatable bonds is 4. The molecule has 2 rings (SSSR count). The van der Waals surface area contributed by atoms with Gasteiger partial charge < -0.3 is 0 Å². The van der Waals surface area contributed by atoms with E-state index in [1.54, 1.807) is 25.2 Å². The molecule has 0 aromatic heterocycles. The van der Waals surface area contributed by atoms with Crippen LogP contribution in [0.25, 0.3) is 0 Å². The number of hydrogen-bond acceptors (Lipinski definition) is 2. The quantitative estimate of drug-likeness (QED) is 0.842. The van der Waals surface area contributed by atoms with E-state index >= 15 is 0 Å². The number of nitrogens with zero attached hydrogens (tertiary/aromatic N) is 1. The summed E-state index contributed by atoms with van der Waals surface area (Å²) in [7, 11) is -1.87. The maximum absolute atomic E-state index is 12.5. The van der Waals surface area contributed by atoms with Gasteiger partial charge in [-0.2, -0.15) is 4.31 Å². The van der Waals surface area contributed by atoms with E-state index in [1.165, 1.54) is 4.31 Å². The zero-order chi connectivity index (χ0) is 14.8. The second-order valence-electron chi connectivity index (χ2n) is 4.66. The van der Waals surface area contributed by atoms with Crippen molar-refractivity contribution in [1.82, 2.24) is 4.31 Å². The summed E-state index contributed by atoms with van der Waals surface area (Å²) in [5, 5.41) is 0. The second kappa shape index (κ2) is 6.08. The van der Waals surface area contributed by atoms with Crippen molar-refractivity contribution in [3.05, 3.63) is 64.1 Å². The Balaban J connectivity index is 2.27. The van der Waals surface area contributed by atoms with Gasteiger partial charge in [0.2, 0.25) is 10.0 Å². The average Bonchev–Trinajstić information content (AvgIpc) is 2.42. The minimum absolute atomic E-state index is 0.316. The van der Waals surface area contributed by atoms with Gasteiger partial charge in [0.05, 0.1) is 4.90 Å². The molecule has 5 heteroatoms. The first kappa shape index (κ1) is 15.2. The number of aryl methyl sites for hydroxylation is 1. The van der Waals surface area contributed by atoms with E-state index in [-0.39, 0.29) is 0 Å². The van der Waals surface area contributed by atoms with E-state index in [4.69, 9.17) is 0 Å². The molecular weight excluding hydrogens is 338 g/mol. The number of sulfonamides is 1. The van der Waals surface area contributed by atoms with Crippen LogP contribution in [0.2, 0.25) is 0 Å². The summed E-state index contributed by atoms with van der Waals surface area (Å²) in [6, 6.07) is 14.6. The van der Waals surface area contributed by atoms with Crippen LogP contribution in [0.15, 0.2) is 57.9 Å². The van der Waals surface area contributed by atoms with Crippen molar-refractivity contribution in [3.63, 3.8) is 0 Å². The third kappa shape index (κ3) is 3.29. The van der Waals surface area contributed by atoms with Gasteiger partial charge in [0.1, 0.15) is 0 Å². The van der Waals surface area contributed by atoms with Gasteiger partial charge in [-0.05, 0) is 36.2 Å². The van der Waals surface area contributed by atoms with Crippen molar-refractivity contribution in [2.24, 2.45) is 0 Å². The molecule has 2 aromatic carbocycles. The van der Waals surface area contributed by atoms with Crippen molar-refractivity contribution in [3.8, 4) is 0 Å². The van der Waals surface area contributed by atoms with Crippen molar-refractivity contribution in [2.45, 2.75) is 18.4 Å². The van der Waals surface area contributed by atoms with Gasteiger partial charge in [0.15, 0.2) is 0 Å². The maximum Gasteiger partial charge on any atom is 0.243 e. The fourth-order valence-electron chi connectivity index (χ4n) is 1.88. The van der Waals surface area contributed by atoms with Crippen LogP contribution in [-0.2, 0) is 16.6 Å².